The van der Waals surface area contributed by atoms with Crippen molar-refractivity contribution in [2.24, 2.45) is 0 Å². The summed E-state index contributed by atoms with van der Waals surface area (Å²) in [5, 5.41) is 1.26. The Kier molecular flexibility index (Phi) is 4.54. The van der Waals surface area contributed by atoms with Gasteiger partial charge in [-0.05, 0) is 68.0 Å². The number of aromatic nitrogens is 1. The molecular formula is C23H25NO2. The lowest BCUT2D eigenvalue weighted by Gasteiger charge is -2.11. The van der Waals surface area contributed by atoms with Gasteiger partial charge in [0.25, 0.3) is 0 Å². The van der Waals surface area contributed by atoms with E-state index in [1.54, 1.807) is 0 Å². The lowest BCUT2D eigenvalue weighted by Crippen LogP contribution is -2.09. The number of esters is 1. The highest BCUT2D eigenvalue weighted by molar-refractivity contribution is 5.88. The number of hydrogen-bond donors (Lipinski definition) is 0. The molecule has 0 amide bonds. The molecule has 134 valence electrons. The zero-order valence-electron chi connectivity index (χ0n) is 15.5. The van der Waals surface area contributed by atoms with Crippen LogP contribution in [0.2, 0.25) is 0 Å². The first-order chi connectivity index (χ1) is 12.7. The van der Waals surface area contributed by atoms with E-state index in [-0.39, 0.29) is 5.97 Å². The first-order valence-electron chi connectivity index (χ1n) is 9.51. The third-order valence-electron chi connectivity index (χ3n) is 5.13. The molecule has 3 heteroatoms. The minimum absolute atomic E-state index is 0.140. The molecule has 1 heterocycles. The molecule has 4 rings (SSSR count). The van der Waals surface area contributed by atoms with E-state index in [2.05, 4.69) is 60.0 Å². The quantitative estimate of drug-likeness (QED) is 0.555. The minimum Gasteiger partial charge on any atom is -0.466 e. The number of benzene rings is 2. The van der Waals surface area contributed by atoms with E-state index < -0.39 is 0 Å². The fraction of sp³-hybridized carbons (Fsp3) is 0.348. The van der Waals surface area contributed by atoms with Gasteiger partial charge in [-0.25, -0.2) is 0 Å². The fourth-order valence-corrected chi connectivity index (χ4v) is 3.68. The summed E-state index contributed by atoms with van der Waals surface area (Å²) in [6, 6.07) is 17.6. The predicted octanol–water partition coefficient (Wildman–Crippen LogP) is 5.45. The van der Waals surface area contributed by atoms with Crippen molar-refractivity contribution in [2.75, 3.05) is 6.61 Å². The highest BCUT2D eigenvalue weighted by Gasteiger charge is 2.24. The average Bonchev–Trinajstić information content (AvgIpc) is 3.41. The van der Waals surface area contributed by atoms with Crippen molar-refractivity contribution in [2.45, 2.75) is 45.6 Å². The number of nitrogens with zero attached hydrogens (tertiary/aromatic N) is 1. The number of carbonyl (C=O) groups excluding carboxylic acids is 1. The van der Waals surface area contributed by atoms with Gasteiger partial charge in [-0.1, -0.05) is 29.8 Å². The molecule has 3 nitrogen and oxygen atoms in total. The van der Waals surface area contributed by atoms with Crippen LogP contribution < -0.4 is 0 Å². The molecule has 0 saturated heterocycles. The summed E-state index contributed by atoms with van der Waals surface area (Å²) in [6.45, 7) is 5.02. The van der Waals surface area contributed by atoms with Crippen LogP contribution in [0, 0.1) is 6.92 Å². The Morgan fingerprint density at radius 3 is 2.73 bits per heavy atom. The summed E-state index contributed by atoms with van der Waals surface area (Å²) in [5.41, 5.74) is 6.23. The molecule has 26 heavy (non-hydrogen) atoms. The molecule has 1 aliphatic carbocycles. The van der Waals surface area contributed by atoms with Crippen LogP contribution in [0.4, 0.5) is 0 Å². The molecule has 2 aromatic carbocycles. The lowest BCUT2D eigenvalue weighted by atomic mass is 10.1. The standard InChI is InChI=1S/C23H25NO2/c1-3-26-23(25)11-12-24-21-10-9-18(17-7-8-17)14-20(21)15-22(24)19-6-4-5-16(2)13-19/h4-6,9-10,13-15,17H,3,7-8,11-12H2,1-2H3. The lowest BCUT2D eigenvalue weighted by molar-refractivity contribution is -0.143. The van der Waals surface area contributed by atoms with Crippen molar-refractivity contribution in [1.82, 2.24) is 4.57 Å². The zero-order valence-corrected chi connectivity index (χ0v) is 15.5. The van der Waals surface area contributed by atoms with Crippen molar-refractivity contribution < 1.29 is 9.53 Å². The second-order valence-corrected chi connectivity index (χ2v) is 7.20. The molecule has 0 unspecified atom stereocenters. The van der Waals surface area contributed by atoms with Crippen LogP contribution in [0.1, 0.15) is 43.2 Å². The maximum atomic E-state index is 11.9. The van der Waals surface area contributed by atoms with Crippen LogP contribution in [-0.4, -0.2) is 17.1 Å². The van der Waals surface area contributed by atoms with Gasteiger partial charge in [-0.2, -0.15) is 0 Å². The molecule has 3 aromatic rings. The Bertz CT molecular complexity index is 950. The van der Waals surface area contributed by atoms with E-state index in [0.717, 1.165) is 5.92 Å². The molecule has 1 fully saturated rings. The molecule has 0 bridgehead atoms. The molecular weight excluding hydrogens is 322 g/mol. The summed E-state index contributed by atoms with van der Waals surface area (Å²) >= 11 is 0. The van der Waals surface area contributed by atoms with Gasteiger partial charge in [0.1, 0.15) is 0 Å². The van der Waals surface area contributed by atoms with E-state index in [1.165, 1.54) is 46.1 Å². The van der Waals surface area contributed by atoms with Crippen LogP contribution in [-0.2, 0) is 16.1 Å². The highest BCUT2D eigenvalue weighted by atomic mass is 16.5. The zero-order chi connectivity index (χ0) is 18.1. The number of rotatable bonds is 6. The van der Waals surface area contributed by atoms with Gasteiger partial charge in [0.2, 0.25) is 0 Å². The minimum atomic E-state index is -0.140. The molecule has 0 radical (unpaired) electrons. The Morgan fingerprint density at radius 2 is 2.00 bits per heavy atom. The number of fused-ring (bicyclic) bond motifs is 1. The third kappa shape index (κ3) is 3.39. The van der Waals surface area contributed by atoms with E-state index in [4.69, 9.17) is 4.74 Å². The van der Waals surface area contributed by atoms with E-state index >= 15 is 0 Å². The smallest absolute Gasteiger partial charge is 0.307 e. The molecule has 0 spiro atoms. The topological polar surface area (TPSA) is 31.2 Å². The molecule has 0 N–H and O–H groups in total. The average molecular weight is 347 g/mol. The molecule has 1 aliphatic rings. The fourth-order valence-electron chi connectivity index (χ4n) is 3.68. The maximum Gasteiger partial charge on any atom is 0.307 e. The summed E-state index contributed by atoms with van der Waals surface area (Å²) in [5.74, 6) is 0.601. The van der Waals surface area contributed by atoms with Gasteiger partial charge in [-0.15, -0.1) is 0 Å². The van der Waals surface area contributed by atoms with Crippen LogP contribution in [0.5, 0.6) is 0 Å². The first kappa shape index (κ1) is 16.9. The van der Waals surface area contributed by atoms with Crippen LogP contribution >= 0.6 is 0 Å². The summed E-state index contributed by atoms with van der Waals surface area (Å²) < 4.78 is 7.39. The Hall–Kier alpha value is -2.55. The van der Waals surface area contributed by atoms with E-state index in [1.807, 2.05) is 6.92 Å². The van der Waals surface area contributed by atoms with E-state index in [9.17, 15) is 4.79 Å². The highest BCUT2D eigenvalue weighted by Crippen LogP contribution is 2.41. The van der Waals surface area contributed by atoms with Crippen LogP contribution in [0.15, 0.2) is 48.5 Å². The van der Waals surface area contributed by atoms with Crippen LogP contribution in [0.25, 0.3) is 22.2 Å². The number of aryl methyl sites for hydroxylation is 2. The number of ether oxygens (including phenoxy) is 1. The SMILES string of the molecule is CCOC(=O)CCn1c(-c2cccc(C)c2)cc2cc(C3CC3)ccc21. The Balaban J connectivity index is 1.76. The molecule has 1 saturated carbocycles. The second kappa shape index (κ2) is 6.99. The third-order valence-corrected chi connectivity index (χ3v) is 5.13. The molecule has 1 aromatic heterocycles. The van der Waals surface area contributed by atoms with E-state index in [0.29, 0.717) is 19.6 Å². The normalized spacial score (nSPS) is 13.9. The van der Waals surface area contributed by atoms with Gasteiger partial charge in [0.15, 0.2) is 0 Å². The van der Waals surface area contributed by atoms with Crippen molar-refractivity contribution in [3.05, 3.63) is 59.7 Å². The van der Waals surface area contributed by atoms with Gasteiger partial charge in [-0.3, -0.25) is 4.79 Å². The second-order valence-electron chi connectivity index (χ2n) is 7.20. The van der Waals surface area contributed by atoms with Crippen molar-refractivity contribution in [3.8, 4) is 11.3 Å². The Labute approximate surface area is 154 Å². The largest absolute Gasteiger partial charge is 0.466 e. The molecule has 0 aliphatic heterocycles. The first-order valence-corrected chi connectivity index (χ1v) is 9.51. The van der Waals surface area contributed by atoms with Gasteiger partial charge in [0, 0.05) is 23.1 Å². The van der Waals surface area contributed by atoms with Gasteiger partial charge < -0.3 is 9.30 Å². The summed E-state index contributed by atoms with van der Waals surface area (Å²) in [4.78, 5) is 11.9. The monoisotopic (exact) mass is 347 g/mol. The van der Waals surface area contributed by atoms with Crippen LogP contribution in [0.3, 0.4) is 0 Å². The van der Waals surface area contributed by atoms with Crippen molar-refractivity contribution in [3.63, 3.8) is 0 Å². The number of carbonyl (C=O) groups is 1. The molecule has 0 atom stereocenters. The van der Waals surface area contributed by atoms with Gasteiger partial charge >= 0.3 is 5.97 Å². The summed E-state index contributed by atoms with van der Waals surface area (Å²) in [6.07, 6.45) is 3.00. The number of hydrogen-bond acceptors (Lipinski definition) is 2. The summed E-state index contributed by atoms with van der Waals surface area (Å²) in [7, 11) is 0. The van der Waals surface area contributed by atoms with Crippen molar-refractivity contribution >= 4 is 16.9 Å². The van der Waals surface area contributed by atoms with Crippen molar-refractivity contribution in [1.29, 1.82) is 0 Å². The maximum absolute atomic E-state index is 11.9. The Morgan fingerprint density at radius 1 is 1.15 bits per heavy atom. The predicted molar refractivity (Wildman–Crippen MR) is 105 cm³/mol. The van der Waals surface area contributed by atoms with Gasteiger partial charge in [0.05, 0.1) is 13.0 Å².